The van der Waals surface area contributed by atoms with Crippen molar-refractivity contribution >= 4 is 22.8 Å². The van der Waals surface area contributed by atoms with E-state index in [1.54, 1.807) is 0 Å². The molecule has 3 heterocycles. The number of carbonyl (C=O) groups is 2. The fourth-order valence-electron chi connectivity index (χ4n) is 4.17. The van der Waals surface area contributed by atoms with E-state index in [0.717, 1.165) is 17.6 Å². The maximum absolute atomic E-state index is 12.4. The van der Waals surface area contributed by atoms with E-state index in [-0.39, 0.29) is 18.3 Å². The number of carbonyl (C=O) groups excluding carboxylic acids is 2. The molecule has 1 amide bonds. The summed E-state index contributed by atoms with van der Waals surface area (Å²) in [4.78, 5) is 29.9. The molecular weight excluding hydrogens is 280 g/mol. The molecule has 114 valence electrons. The predicted octanol–water partition coefficient (Wildman–Crippen LogP) is 1.96. The normalized spacial score (nSPS) is 26.9. The third-order valence-electron chi connectivity index (χ3n) is 5.31. The molecule has 5 nitrogen and oxygen atoms in total. The van der Waals surface area contributed by atoms with Gasteiger partial charge in [0.15, 0.2) is 0 Å². The molecule has 1 fully saturated rings. The highest BCUT2D eigenvalue weighted by Crippen LogP contribution is 2.49. The van der Waals surface area contributed by atoms with Gasteiger partial charge in [0.05, 0.1) is 18.6 Å². The van der Waals surface area contributed by atoms with E-state index in [9.17, 15) is 9.59 Å². The molecule has 4 rings (SSSR count). The third-order valence-corrected chi connectivity index (χ3v) is 5.31. The van der Waals surface area contributed by atoms with Crippen LogP contribution in [0, 0.1) is 5.92 Å². The number of aromatic amines is 1. The first-order valence-corrected chi connectivity index (χ1v) is 7.55. The number of nitrogens with one attached hydrogen (secondary N) is 1. The molecule has 2 atom stereocenters. The van der Waals surface area contributed by atoms with Gasteiger partial charge < -0.3 is 14.6 Å². The summed E-state index contributed by atoms with van der Waals surface area (Å²) in [6.45, 7) is 2.63. The van der Waals surface area contributed by atoms with Gasteiger partial charge in [-0.05, 0) is 25.0 Å². The summed E-state index contributed by atoms with van der Waals surface area (Å²) in [5, 5.41) is 1.18. The van der Waals surface area contributed by atoms with Crippen molar-refractivity contribution in [3.63, 3.8) is 0 Å². The van der Waals surface area contributed by atoms with Crippen LogP contribution in [-0.2, 0) is 26.3 Å². The fraction of sp³-hybridized carbons (Fsp3) is 0.412. The Labute approximate surface area is 128 Å². The van der Waals surface area contributed by atoms with Crippen LogP contribution in [0.25, 0.3) is 10.9 Å². The van der Waals surface area contributed by atoms with Gasteiger partial charge in [-0.3, -0.25) is 9.59 Å². The van der Waals surface area contributed by atoms with Crippen molar-refractivity contribution in [2.45, 2.75) is 25.3 Å². The zero-order valence-electron chi connectivity index (χ0n) is 12.7. The molecule has 0 aliphatic carbocycles. The minimum atomic E-state index is -0.642. The number of benzene rings is 1. The van der Waals surface area contributed by atoms with E-state index >= 15 is 0 Å². The first kappa shape index (κ1) is 13.4. The maximum Gasteiger partial charge on any atom is 0.311 e. The quantitative estimate of drug-likeness (QED) is 0.819. The minimum Gasteiger partial charge on any atom is -0.469 e. The summed E-state index contributed by atoms with van der Waals surface area (Å²) < 4.78 is 4.95. The number of para-hydroxylation sites is 1. The molecule has 2 aliphatic heterocycles. The number of hydrogen-bond donors (Lipinski definition) is 1. The highest BCUT2D eigenvalue weighted by molar-refractivity contribution is 5.92. The Morgan fingerprint density at radius 3 is 2.95 bits per heavy atom. The summed E-state index contributed by atoms with van der Waals surface area (Å²) in [6, 6.07) is 8.13. The smallest absolute Gasteiger partial charge is 0.311 e. The van der Waals surface area contributed by atoms with E-state index in [1.807, 2.05) is 30.0 Å². The van der Waals surface area contributed by atoms with Gasteiger partial charge in [0.25, 0.3) is 0 Å². The van der Waals surface area contributed by atoms with Gasteiger partial charge in [0.2, 0.25) is 5.91 Å². The molecule has 0 saturated carbocycles. The van der Waals surface area contributed by atoms with E-state index < -0.39 is 11.5 Å². The van der Waals surface area contributed by atoms with E-state index in [1.165, 1.54) is 18.1 Å². The second-order valence-corrected chi connectivity index (χ2v) is 6.25. The standard InChI is InChI=1S/C17H18N2O3/c1-17-12(16(21)22-2)9-14(20)19(17)8-7-11-10-5-3-4-6-13(10)18-15(11)17/h3-6,12,18H,7-9H2,1-2H3/t12-,17+/m0/s1. The lowest BCUT2D eigenvalue weighted by Crippen LogP contribution is -2.50. The van der Waals surface area contributed by atoms with E-state index in [0.29, 0.717) is 6.54 Å². The molecule has 0 unspecified atom stereocenters. The molecule has 2 aliphatic rings. The fourth-order valence-corrected chi connectivity index (χ4v) is 4.17. The third kappa shape index (κ3) is 1.48. The van der Waals surface area contributed by atoms with Crippen molar-refractivity contribution in [1.29, 1.82) is 0 Å². The van der Waals surface area contributed by atoms with Gasteiger partial charge >= 0.3 is 5.97 Å². The van der Waals surface area contributed by atoms with Crippen molar-refractivity contribution in [1.82, 2.24) is 9.88 Å². The van der Waals surface area contributed by atoms with E-state index in [2.05, 4.69) is 11.1 Å². The van der Waals surface area contributed by atoms with Crippen molar-refractivity contribution in [2.24, 2.45) is 5.92 Å². The Kier molecular flexibility index (Phi) is 2.64. The molecular formula is C17H18N2O3. The van der Waals surface area contributed by atoms with Gasteiger partial charge in [0.1, 0.15) is 0 Å². The SMILES string of the molecule is COC(=O)[C@@H]1CC(=O)N2CCc3c([nH]c4ccccc34)[C@@]12C. The number of esters is 1. The summed E-state index contributed by atoms with van der Waals surface area (Å²) >= 11 is 0. The van der Waals surface area contributed by atoms with Crippen molar-refractivity contribution in [3.05, 3.63) is 35.5 Å². The lowest BCUT2D eigenvalue weighted by molar-refractivity contribution is -0.149. The Balaban J connectivity index is 1.96. The number of aromatic nitrogens is 1. The zero-order valence-corrected chi connectivity index (χ0v) is 12.7. The number of fused-ring (bicyclic) bond motifs is 5. The van der Waals surface area contributed by atoms with Crippen molar-refractivity contribution in [3.8, 4) is 0 Å². The van der Waals surface area contributed by atoms with Gasteiger partial charge in [-0.15, -0.1) is 0 Å². The number of H-pyrrole nitrogens is 1. The number of ether oxygens (including phenoxy) is 1. The number of nitrogens with zero attached hydrogens (tertiary/aromatic N) is 1. The highest BCUT2D eigenvalue weighted by atomic mass is 16.5. The second-order valence-electron chi connectivity index (χ2n) is 6.25. The van der Waals surface area contributed by atoms with Gasteiger partial charge in [-0.25, -0.2) is 0 Å². The van der Waals surface area contributed by atoms with Crippen LogP contribution in [0.3, 0.4) is 0 Å². The molecule has 1 aromatic heterocycles. The van der Waals surface area contributed by atoms with Crippen LogP contribution in [0.15, 0.2) is 24.3 Å². The molecule has 5 heteroatoms. The molecule has 22 heavy (non-hydrogen) atoms. The maximum atomic E-state index is 12.4. The summed E-state index contributed by atoms with van der Waals surface area (Å²) in [6.07, 6.45) is 1.03. The zero-order chi connectivity index (χ0) is 15.5. The molecule has 2 aromatic rings. The Morgan fingerprint density at radius 2 is 2.18 bits per heavy atom. The highest BCUT2D eigenvalue weighted by Gasteiger charge is 2.57. The van der Waals surface area contributed by atoms with Crippen LogP contribution in [0.5, 0.6) is 0 Å². The van der Waals surface area contributed by atoms with Crippen molar-refractivity contribution in [2.75, 3.05) is 13.7 Å². The first-order valence-electron chi connectivity index (χ1n) is 7.55. The average molecular weight is 298 g/mol. The molecule has 0 spiro atoms. The topological polar surface area (TPSA) is 62.4 Å². The van der Waals surface area contributed by atoms with Crippen LogP contribution >= 0.6 is 0 Å². The Bertz CT molecular complexity index is 794. The second kappa shape index (κ2) is 4.35. The molecule has 0 bridgehead atoms. The van der Waals surface area contributed by atoms with E-state index in [4.69, 9.17) is 4.74 Å². The van der Waals surface area contributed by atoms with Gasteiger partial charge in [0, 0.05) is 29.6 Å². The Hall–Kier alpha value is -2.30. The molecule has 1 N–H and O–H groups in total. The molecule has 0 radical (unpaired) electrons. The molecule has 1 saturated heterocycles. The Morgan fingerprint density at radius 1 is 1.41 bits per heavy atom. The van der Waals surface area contributed by atoms with Crippen LogP contribution in [0.1, 0.15) is 24.6 Å². The van der Waals surface area contributed by atoms with Gasteiger partial charge in [-0.2, -0.15) is 0 Å². The predicted molar refractivity (Wildman–Crippen MR) is 81.2 cm³/mol. The molecule has 1 aromatic carbocycles. The summed E-state index contributed by atoms with van der Waals surface area (Å²) in [7, 11) is 1.38. The van der Waals surface area contributed by atoms with Crippen LogP contribution in [0.2, 0.25) is 0 Å². The van der Waals surface area contributed by atoms with Crippen LogP contribution in [-0.4, -0.2) is 35.4 Å². The minimum absolute atomic E-state index is 0.0298. The first-order chi connectivity index (χ1) is 10.6. The summed E-state index contributed by atoms with van der Waals surface area (Å²) in [5.41, 5.74) is 2.62. The number of amides is 1. The van der Waals surface area contributed by atoms with Crippen LogP contribution < -0.4 is 0 Å². The monoisotopic (exact) mass is 298 g/mol. The van der Waals surface area contributed by atoms with Crippen molar-refractivity contribution < 1.29 is 14.3 Å². The van der Waals surface area contributed by atoms with Gasteiger partial charge in [-0.1, -0.05) is 18.2 Å². The lowest BCUT2D eigenvalue weighted by Gasteiger charge is -2.41. The number of hydrogen-bond acceptors (Lipinski definition) is 3. The largest absolute Gasteiger partial charge is 0.469 e. The number of rotatable bonds is 1. The average Bonchev–Trinajstić information content (AvgIpc) is 3.03. The lowest BCUT2D eigenvalue weighted by atomic mass is 9.79. The summed E-state index contributed by atoms with van der Waals surface area (Å²) in [5.74, 6) is -0.746. The number of methoxy groups -OCH3 is 1. The van der Waals surface area contributed by atoms with Crippen LogP contribution in [0.4, 0.5) is 0 Å².